The average Bonchev–Trinajstić information content (AvgIpc) is 2.86. The number of ether oxygens (including phenoxy) is 3. The van der Waals surface area contributed by atoms with Gasteiger partial charge < -0.3 is 19.5 Å². The van der Waals surface area contributed by atoms with Crippen LogP contribution in [0.5, 0.6) is 17.2 Å². The fraction of sp³-hybridized carbons (Fsp3) is 0.296. The molecule has 0 heterocycles. The largest absolute Gasteiger partial charge is 0.497 e. The van der Waals surface area contributed by atoms with Gasteiger partial charge in [0.15, 0.2) is 0 Å². The second kappa shape index (κ2) is 11.3. The second-order valence-corrected chi connectivity index (χ2v) is 10.3. The topological polar surface area (TPSA) is 94.2 Å². The summed E-state index contributed by atoms with van der Waals surface area (Å²) in [6.07, 6.45) is 0. The highest BCUT2D eigenvalue weighted by Crippen LogP contribution is 2.34. The minimum absolute atomic E-state index is 0.0759. The van der Waals surface area contributed by atoms with Crippen LogP contribution in [-0.2, 0) is 14.8 Å². The highest BCUT2D eigenvalue weighted by atomic mass is 32.2. The molecule has 3 aromatic carbocycles. The Balaban J connectivity index is 1.99. The molecule has 9 heteroatoms. The molecule has 8 nitrogen and oxygen atoms in total. The van der Waals surface area contributed by atoms with E-state index in [0.29, 0.717) is 22.8 Å². The molecule has 1 amide bonds. The summed E-state index contributed by atoms with van der Waals surface area (Å²) in [6.45, 7) is 5.06. The molecule has 0 saturated carbocycles. The maximum atomic E-state index is 13.8. The minimum atomic E-state index is -4.09. The van der Waals surface area contributed by atoms with E-state index in [4.69, 9.17) is 14.2 Å². The summed E-state index contributed by atoms with van der Waals surface area (Å²) in [7, 11) is 0.464. The number of nitrogens with one attached hydrogen (secondary N) is 1. The van der Waals surface area contributed by atoms with Crippen molar-refractivity contribution in [2.24, 2.45) is 0 Å². The smallest absolute Gasteiger partial charge is 0.264 e. The molecule has 0 aliphatic rings. The summed E-state index contributed by atoms with van der Waals surface area (Å²) in [4.78, 5) is 13.3. The number of anilines is 1. The van der Waals surface area contributed by atoms with E-state index in [1.807, 2.05) is 19.9 Å². The zero-order valence-electron chi connectivity index (χ0n) is 21.4. The third-order valence-corrected chi connectivity index (χ3v) is 7.55. The predicted molar refractivity (Wildman–Crippen MR) is 140 cm³/mol. The number of sulfonamides is 1. The van der Waals surface area contributed by atoms with Crippen molar-refractivity contribution in [2.75, 3.05) is 32.2 Å². The number of nitrogens with zero attached hydrogens (tertiary/aromatic N) is 1. The van der Waals surface area contributed by atoms with Gasteiger partial charge in [-0.1, -0.05) is 23.8 Å². The van der Waals surface area contributed by atoms with Crippen molar-refractivity contribution in [3.05, 3.63) is 77.4 Å². The van der Waals surface area contributed by atoms with Gasteiger partial charge in [-0.15, -0.1) is 0 Å². The molecule has 36 heavy (non-hydrogen) atoms. The first-order valence-electron chi connectivity index (χ1n) is 11.4. The van der Waals surface area contributed by atoms with E-state index in [1.165, 1.54) is 19.2 Å². The van der Waals surface area contributed by atoms with Crippen molar-refractivity contribution in [1.29, 1.82) is 0 Å². The minimum Gasteiger partial charge on any atom is -0.497 e. The number of amides is 1. The van der Waals surface area contributed by atoms with Crippen LogP contribution in [0.2, 0.25) is 0 Å². The van der Waals surface area contributed by atoms with Crippen molar-refractivity contribution in [2.45, 2.75) is 31.7 Å². The SMILES string of the molecule is COc1ccc(OC)c([C@@H](C)NC(=O)CN(c2cc(C)ccc2OC)S(=O)(=O)c2ccc(C)cc2)c1. The van der Waals surface area contributed by atoms with Crippen LogP contribution in [0, 0.1) is 13.8 Å². The number of benzene rings is 3. The van der Waals surface area contributed by atoms with Crippen molar-refractivity contribution < 1.29 is 27.4 Å². The van der Waals surface area contributed by atoms with Crippen LogP contribution in [0.4, 0.5) is 5.69 Å². The number of aryl methyl sites for hydroxylation is 2. The summed E-state index contributed by atoms with van der Waals surface area (Å²) < 4.78 is 44.8. The summed E-state index contributed by atoms with van der Waals surface area (Å²) >= 11 is 0. The first kappa shape index (κ1) is 26.9. The van der Waals surface area contributed by atoms with Gasteiger partial charge in [0.05, 0.1) is 38.0 Å². The number of rotatable bonds is 10. The number of carbonyl (C=O) groups is 1. The van der Waals surface area contributed by atoms with Crippen LogP contribution in [0.25, 0.3) is 0 Å². The lowest BCUT2D eigenvalue weighted by atomic mass is 10.1. The molecule has 0 fully saturated rings. The van der Waals surface area contributed by atoms with Gasteiger partial charge in [-0.2, -0.15) is 0 Å². The normalized spacial score (nSPS) is 11.9. The van der Waals surface area contributed by atoms with Crippen LogP contribution in [0.15, 0.2) is 65.6 Å². The lowest BCUT2D eigenvalue weighted by Gasteiger charge is -2.27. The Bertz CT molecular complexity index is 1320. The van der Waals surface area contributed by atoms with Gasteiger partial charge in [0.25, 0.3) is 10.0 Å². The van der Waals surface area contributed by atoms with Crippen LogP contribution >= 0.6 is 0 Å². The third kappa shape index (κ3) is 5.91. The van der Waals surface area contributed by atoms with E-state index < -0.39 is 28.5 Å². The van der Waals surface area contributed by atoms with Gasteiger partial charge in [0.1, 0.15) is 23.8 Å². The van der Waals surface area contributed by atoms with E-state index in [2.05, 4.69) is 5.32 Å². The van der Waals surface area contributed by atoms with Crippen LogP contribution in [0.3, 0.4) is 0 Å². The summed E-state index contributed by atoms with van der Waals surface area (Å²) in [5, 5.41) is 2.89. The molecule has 0 saturated heterocycles. The average molecular weight is 513 g/mol. The molecule has 0 radical (unpaired) electrons. The monoisotopic (exact) mass is 512 g/mol. The molecule has 3 rings (SSSR count). The molecule has 3 aromatic rings. The predicted octanol–water partition coefficient (Wildman–Crippen LogP) is 4.40. The number of hydrogen-bond acceptors (Lipinski definition) is 6. The molecule has 0 unspecified atom stereocenters. The quantitative estimate of drug-likeness (QED) is 0.433. The zero-order valence-corrected chi connectivity index (χ0v) is 22.2. The van der Waals surface area contributed by atoms with E-state index >= 15 is 0 Å². The first-order valence-corrected chi connectivity index (χ1v) is 12.8. The Morgan fingerprint density at radius 1 is 0.861 bits per heavy atom. The molecular weight excluding hydrogens is 480 g/mol. The second-order valence-electron chi connectivity index (χ2n) is 8.40. The van der Waals surface area contributed by atoms with E-state index in [1.54, 1.807) is 63.6 Å². The summed E-state index contributed by atoms with van der Waals surface area (Å²) in [5.74, 6) is 1.03. The third-order valence-electron chi connectivity index (χ3n) is 5.78. The Hall–Kier alpha value is -3.72. The van der Waals surface area contributed by atoms with E-state index in [-0.39, 0.29) is 10.6 Å². The van der Waals surface area contributed by atoms with Gasteiger partial charge >= 0.3 is 0 Å². The maximum Gasteiger partial charge on any atom is 0.264 e. The van der Waals surface area contributed by atoms with Gasteiger partial charge in [-0.25, -0.2) is 8.42 Å². The molecule has 0 aliphatic carbocycles. The number of hydrogen-bond donors (Lipinski definition) is 1. The highest BCUT2D eigenvalue weighted by Gasteiger charge is 2.30. The Kier molecular flexibility index (Phi) is 8.47. The van der Waals surface area contributed by atoms with Crippen LogP contribution in [0.1, 0.15) is 29.7 Å². The van der Waals surface area contributed by atoms with Crippen molar-refractivity contribution in [3.8, 4) is 17.2 Å². The first-order chi connectivity index (χ1) is 17.1. The lowest BCUT2D eigenvalue weighted by molar-refractivity contribution is -0.120. The van der Waals surface area contributed by atoms with Crippen molar-refractivity contribution in [1.82, 2.24) is 5.32 Å². The van der Waals surface area contributed by atoms with E-state index in [0.717, 1.165) is 15.4 Å². The number of methoxy groups -OCH3 is 3. The van der Waals surface area contributed by atoms with Gasteiger partial charge in [0, 0.05) is 5.56 Å². The summed E-state index contributed by atoms with van der Waals surface area (Å²) in [6, 6.07) is 16.5. The fourth-order valence-corrected chi connectivity index (χ4v) is 5.23. The molecule has 0 aromatic heterocycles. The Morgan fingerprint density at radius 3 is 2.08 bits per heavy atom. The molecule has 0 aliphatic heterocycles. The molecule has 0 spiro atoms. The molecule has 192 valence electrons. The maximum absolute atomic E-state index is 13.8. The summed E-state index contributed by atoms with van der Waals surface area (Å²) in [5.41, 5.74) is 2.73. The number of carbonyl (C=O) groups excluding carboxylic acids is 1. The standard InChI is InChI=1S/C27H32N2O6S/c1-18-7-11-22(12-8-18)36(31,32)29(24-15-19(2)9-13-26(24)35-6)17-27(30)28-20(3)23-16-21(33-4)10-14-25(23)34-5/h7-16,20H,17H2,1-6H3,(H,28,30)/t20-/m1/s1. The van der Waals surface area contributed by atoms with E-state index in [9.17, 15) is 13.2 Å². The van der Waals surface area contributed by atoms with Gasteiger partial charge in [0.2, 0.25) is 5.91 Å². The molecule has 0 bridgehead atoms. The van der Waals surface area contributed by atoms with Crippen LogP contribution in [-0.4, -0.2) is 42.2 Å². The van der Waals surface area contributed by atoms with Crippen LogP contribution < -0.4 is 23.8 Å². The Labute approximate surface area is 212 Å². The zero-order chi connectivity index (χ0) is 26.5. The highest BCUT2D eigenvalue weighted by molar-refractivity contribution is 7.92. The van der Waals surface area contributed by atoms with Crippen molar-refractivity contribution in [3.63, 3.8) is 0 Å². The molecular formula is C27H32N2O6S. The lowest BCUT2D eigenvalue weighted by Crippen LogP contribution is -2.41. The fourth-order valence-electron chi connectivity index (χ4n) is 3.81. The molecule has 1 N–H and O–H groups in total. The van der Waals surface area contributed by atoms with Crippen molar-refractivity contribution >= 4 is 21.6 Å². The van der Waals surface area contributed by atoms with Gasteiger partial charge in [-0.3, -0.25) is 9.10 Å². The van der Waals surface area contributed by atoms with Gasteiger partial charge in [-0.05, 0) is 68.8 Å². The molecule has 1 atom stereocenters. The Morgan fingerprint density at radius 2 is 1.47 bits per heavy atom.